The fourth-order valence-corrected chi connectivity index (χ4v) is 5.06. The van der Waals surface area contributed by atoms with Crippen LogP contribution in [0.2, 0.25) is 0 Å². The number of sulfonamides is 1. The third-order valence-electron chi connectivity index (χ3n) is 4.80. The summed E-state index contributed by atoms with van der Waals surface area (Å²) < 4.78 is 28.9. The van der Waals surface area contributed by atoms with E-state index in [1.807, 2.05) is 0 Å². The second-order valence-electron chi connectivity index (χ2n) is 6.78. The van der Waals surface area contributed by atoms with Crippen LogP contribution in [0.25, 0.3) is 0 Å². The van der Waals surface area contributed by atoms with Crippen LogP contribution in [0.5, 0.6) is 0 Å². The number of nitrogens with zero attached hydrogens (tertiary/aromatic N) is 2. The van der Waals surface area contributed by atoms with Gasteiger partial charge in [-0.05, 0) is 52.9 Å². The second kappa shape index (κ2) is 9.02. The van der Waals surface area contributed by atoms with Gasteiger partial charge in [0.2, 0.25) is 15.9 Å². The van der Waals surface area contributed by atoms with Crippen molar-refractivity contribution in [2.24, 2.45) is 5.92 Å². The Morgan fingerprint density at radius 3 is 2.46 bits per heavy atom. The molecule has 0 saturated carbocycles. The SMILES string of the molecule is O=C(Cn1cc(Br)ccc1=O)NCC1CCN(S(=O)(=O)c2ccccc2)CC1. The van der Waals surface area contributed by atoms with E-state index < -0.39 is 10.0 Å². The molecule has 1 amide bonds. The van der Waals surface area contributed by atoms with Crippen molar-refractivity contribution in [1.29, 1.82) is 0 Å². The summed E-state index contributed by atoms with van der Waals surface area (Å²) in [6, 6.07) is 11.5. The number of hydrogen-bond donors (Lipinski definition) is 1. The molecule has 1 aromatic carbocycles. The molecular weight excluding hydrogens is 446 g/mol. The minimum Gasteiger partial charge on any atom is -0.354 e. The lowest BCUT2D eigenvalue weighted by Crippen LogP contribution is -2.42. The predicted molar refractivity (Wildman–Crippen MR) is 109 cm³/mol. The van der Waals surface area contributed by atoms with Crippen molar-refractivity contribution in [1.82, 2.24) is 14.2 Å². The molecule has 3 rings (SSSR count). The lowest BCUT2D eigenvalue weighted by Gasteiger charge is -2.31. The molecule has 0 spiro atoms. The van der Waals surface area contributed by atoms with E-state index in [1.165, 1.54) is 14.9 Å². The molecule has 7 nitrogen and oxygen atoms in total. The van der Waals surface area contributed by atoms with Gasteiger partial charge in [0, 0.05) is 36.4 Å². The van der Waals surface area contributed by atoms with Crippen molar-refractivity contribution < 1.29 is 13.2 Å². The number of aromatic nitrogens is 1. The van der Waals surface area contributed by atoms with E-state index in [4.69, 9.17) is 0 Å². The van der Waals surface area contributed by atoms with Crippen LogP contribution in [0.15, 0.2) is 62.8 Å². The lowest BCUT2D eigenvalue weighted by atomic mass is 9.98. The van der Waals surface area contributed by atoms with Crippen LogP contribution in [0.4, 0.5) is 0 Å². The standard InChI is InChI=1S/C19H22BrN3O4S/c20-16-6-7-19(25)22(13-16)14-18(24)21-12-15-8-10-23(11-9-15)28(26,27)17-4-2-1-3-5-17/h1-7,13,15H,8-12,14H2,(H,21,24). The van der Waals surface area contributed by atoms with E-state index in [-0.39, 0.29) is 23.9 Å². The third kappa shape index (κ3) is 5.09. The van der Waals surface area contributed by atoms with Gasteiger partial charge in [0.25, 0.3) is 5.56 Å². The highest BCUT2D eigenvalue weighted by Crippen LogP contribution is 2.23. The van der Waals surface area contributed by atoms with E-state index in [0.29, 0.717) is 37.4 Å². The third-order valence-corrected chi connectivity index (χ3v) is 7.19. The van der Waals surface area contributed by atoms with Gasteiger partial charge >= 0.3 is 0 Å². The number of nitrogens with one attached hydrogen (secondary N) is 1. The van der Waals surface area contributed by atoms with Gasteiger partial charge < -0.3 is 9.88 Å². The highest BCUT2D eigenvalue weighted by atomic mass is 79.9. The Hall–Kier alpha value is -1.97. The van der Waals surface area contributed by atoms with Gasteiger partial charge in [-0.15, -0.1) is 0 Å². The van der Waals surface area contributed by atoms with Crippen LogP contribution < -0.4 is 10.9 Å². The molecule has 2 heterocycles. The number of carbonyl (C=O) groups is 1. The Labute approximate surface area is 172 Å². The van der Waals surface area contributed by atoms with Crippen LogP contribution in [0.1, 0.15) is 12.8 Å². The molecule has 1 aromatic heterocycles. The Kier molecular flexibility index (Phi) is 6.69. The fourth-order valence-electron chi connectivity index (χ4n) is 3.19. The lowest BCUT2D eigenvalue weighted by molar-refractivity contribution is -0.122. The summed E-state index contributed by atoms with van der Waals surface area (Å²) in [5.74, 6) is -0.0232. The molecule has 150 valence electrons. The molecule has 0 radical (unpaired) electrons. The first-order chi connectivity index (χ1) is 13.4. The predicted octanol–water partition coefficient (Wildman–Crippen LogP) is 1.83. The normalized spacial score (nSPS) is 16.0. The monoisotopic (exact) mass is 467 g/mol. The molecule has 1 fully saturated rings. The van der Waals surface area contributed by atoms with Gasteiger partial charge in [0.1, 0.15) is 6.54 Å². The number of carbonyl (C=O) groups excluding carboxylic acids is 1. The molecule has 28 heavy (non-hydrogen) atoms. The first-order valence-corrected chi connectivity index (χ1v) is 11.3. The van der Waals surface area contributed by atoms with Crippen molar-refractivity contribution in [2.75, 3.05) is 19.6 Å². The zero-order valence-electron chi connectivity index (χ0n) is 15.3. The molecule has 1 aliphatic heterocycles. The Morgan fingerprint density at radius 2 is 1.79 bits per heavy atom. The number of hydrogen-bond acceptors (Lipinski definition) is 4. The molecule has 0 atom stereocenters. The van der Waals surface area contributed by atoms with E-state index in [0.717, 1.165) is 4.47 Å². The van der Waals surface area contributed by atoms with Crippen molar-refractivity contribution in [3.8, 4) is 0 Å². The average Bonchev–Trinajstić information content (AvgIpc) is 2.70. The smallest absolute Gasteiger partial charge is 0.251 e. The van der Waals surface area contributed by atoms with Gasteiger partial charge in [-0.3, -0.25) is 9.59 Å². The minimum absolute atomic E-state index is 0.0422. The number of amides is 1. The maximum Gasteiger partial charge on any atom is 0.251 e. The molecule has 9 heteroatoms. The number of rotatable bonds is 6. The number of benzene rings is 1. The van der Waals surface area contributed by atoms with Crippen molar-refractivity contribution in [3.63, 3.8) is 0 Å². The molecule has 1 N–H and O–H groups in total. The van der Waals surface area contributed by atoms with Crippen LogP contribution in [-0.2, 0) is 21.4 Å². The zero-order chi connectivity index (χ0) is 20.1. The summed E-state index contributed by atoms with van der Waals surface area (Å²) in [5, 5.41) is 2.85. The Bertz CT molecular complexity index is 984. The van der Waals surface area contributed by atoms with E-state index in [1.54, 1.807) is 42.6 Å². The summed E-state index contributed by atoms with van der Waals surface area (Å²) in [6.07, 6.45) is 2.95. The Morgan fingerprint density at radius 1 is 1.11 bits per heavy atom. The minimum atomic E-state index is -3.46. The van der Waals surface area contributed by atoms with Gasteiger partial charge in [-0.1, -0.05) is 18.2 Å². The average molecular weight is 468 g/mol. The molecule has 0 bridgehead atoms. The van der Waals surface area contributed by atoms with Crippen LogP contribution in [-0.4, -0.2) is 42.8 Å². The zero-order valence-corrected chi connectivity index (χ0v) is 17.7. The molecule has 1 aliphatic rings. The summed E-state index contributed by atoms with van der Waals surface area (Å²) in [7, 11) is -3.46. The van der Waals surface area contributed by atoms with Gasteiger partial charge in [0.15, 0.2) is 0 Å². The number of halogens is 1. The second-order valence-corrected chi connectivity index (χ2v) is 9.63. The maximum atomic E-state index is 12.6. The summed E-state index contributed by atoms with van der Waals surface area (Å²) in [5.41, 5.74) is -0.238. The summed E-state index contributed by atoms with van der Waals surface area (Å²) >= 11 is 3.28. The van der Waals surface area contributed by atoms with Crippen LogP contribution >= 0.6 is 15.9 Å². The first kappa shape index (κ1) is 20.8. The largest absolute Gasteiger partial charge is 0.354 e. The summed E-state index contributed by atoms with van der Waals surface area (Å²) in [4.78, 5) is 24.2. The maximum absolute atomic E-state index is 12.6. The molecule has 2 aromatic rings. The fraction of sp³-hybridized carbons (Fsp3) is 0.368. The first-order valence-electron chi connectivity index (χ1n) is 9.04. The molecular formula is C19H22BrN3O4S. The van der Waals surface area contributed by atoms with E-state index in [2.05, 4.69) is 21.2 Å². The molecule has 0 aliphatic carbocycles. The number of piperidine rings is 1. The van der Waals surface area contributed by atoms with Gasteiger partial charge in [0.05, 0.1) is 4.90 Å². The van der Waals surface area contributed by atoms with Crippen LogP contribution in [0.3, 0.4) is 0 Å². The van der Waals surface area contributed by atoms with Gasteiger partial charge in [-0.2, -0.15) is 4.31 Å². The molecule has 0 unspecified atom stereocenters. The number of pyridine rings is 1. The van der Waals surface area contributed by atoms with Crippen molar-refractivity contribution in [2.45, 2.75) is 24.3 Å². The van der Waals surface area contributed by atoms with E-state index >= 15 is 0 Å². The molecule has 1 saturated heterocycles. The van der Waals surface area contributed by atoms with Crippen molar-refractivity contribution in [3.05, 3.63) is 63.5 Å². The topological polar surface area (TPSA) is 88.5 Å². The Balaban J connectivity index is 1.49. The summed E-state index contributed by atoms with van der Waals surface area (Å²) in [6.45, 7) is 1.30. The quantitative estimate of drug-likeness (QED) is 0.701. The van der Waals surface area contributed by atoms with Crippen LogP contribution in [0, 0.1) is 5.92 Å². The van der Waals surface area contributed by atoms with Crippen molar-refractivity contribution >= 4 is 31.9 Å². The van der Waals surface area contributed by atoms with Gasteiger partial charge in [-0.25, -0.2) is 8.42 Å². The highest BCUT2D eigenvalue weighted by Gasteiger charge is 2.29. The van der Waals surface area contributed by atoms with E-state index in [9.17, 15) is 18.0 Å². The highest BCUT2D eigenvalue weighted by molar-refractivity contribution is 9.10.